The second-order valence-electron chi connectivity index (χ2n) is 5.92. The van der Waals surface area contributed by atoms with Crippen LogP contribution in [0.25, 0.3) is 27.8 Å². The van der Waals surface area contributed by atoms with Crippen molar-refractivity contribution in [3.8, 4) is 11.3 Å². The molecule has 0 fully saturated rings. The minimum Gasteiger partial charge on any atom is -0.478 e. The van der Waals surface area contributed by atoms with Gasteiger partial charge in [0.15, 0.2) is 0 Å². The van der Waals surface area contributed by atoms with Gasteiger partial charge in [0.2, 0.25) is 0 Å². The summed E-state index contributed by atoms with van der Waals surface area (Å²) in [5, 5.41) is 9.10. The number of hydrogen-bond acceptors (Lipinski definition) is 2. The zero-order valence-corrected chi connectivity index (χ0v) is 14.2. The van der Waals surface area contributed by atoms with Gasteiger partial charge in [0.05, 0.1) is 38.4 Å². The van der Waals surface area contributed by atoms with E-state index in [4.69, 9.17) is 11.6 Å². The normalized spacial score (nSPS) is 12.0. The molecular formula is C19H10ClF3N2O2. The molecule has 0 saturated heterocycles. The summed E-state index contributed by atoms with van der Waals surface area (Å²) in [4.78, 5) is 15.7. The number of benzene rings is 2. The molecule has 4 rings (SSSR count). The molecule has 0 aliphatic rings. The lowest BCUT2D eigenvalue weighted by molar-refractivity contribution is -0.137. The molecule has 4 aromatic rings. The molecule has 4 nitrogen and oxygen atoms in total. The van der Waals surface area contributed by atoms with Crippen molar-refractivity contribution in [2.45, 2.75) is 6.18 Å². The summed E-state index contributed by atoms with van der Waals surface area (Å²) in [5.41, 5.74) is 1.62. The van der Waals surface area contributed by atoms with Crippen molar-refractivity contribution in [2.24, 2.45) is 0 Å². The van der Waals surface area contributed by atoms with E-state index >= 15 is 0 Å². The van der Waals surface area contributed by atoms with E-state index in [1.165, 1.54) is 18.2 Å². The average Bonchev–Trinajstić information content (AvgIpc) is 3.09. The standard InChI is InChI=1S/C19H10ClF3N2O2/c20-13-9-11(19(21,22)23)4-5-12(13)17-16-2-1-7-25(16)15-6-3-10(18(26)27)8-14(15)24-17/h1-9H,(H,26,27). The van der Waals surface area contributed by atoms with Crippen LogP contribution in [0.1, 0.15) is 15.9 Å². The first-order valence-electron chi connectivity index (χ1n) is 7.77. The van der Waals surface area contributed by atoms with E-state index in [1.807, 2.05) is 0 Å². The molecule has 136 valence electrons. The fraction of sp³-hybridized carbons (Fsp3) is 0.0526. The quantitative estimate of drug-likeness (QED) is 0.490. The maximum absolute atomic E-state index is 12.9. The lowest BCUT2D eigenvalue weighted by Gasteiger charge is -2.12. The van der Waals surface area contributed by atoms with Crippen molar-refractivity contribution in [1.82, 2.24) is 9.38 Å². The molecule has 2 aromatic heterocycles. The number of carboxylic acids is 1. The second-order valence-corrected chi connectivity index (χ2v) is 6.33. The third-order valence-electron chi connectivity index (χ3n) is 4.26. The van der Waals surface area contributed by atoms with Gasteiger partial charge in [-0.15, -0.1) is 0 Å². The SMILES string of the molecule is O=C(O)c1ccc2c(c1)nc(-c1ccc(C(F)(F)F)cc1Cl)c1cccn12. The van der Waals surface area contributed by atoms with Crippen LogP contribution in [-0.2, 0) is 6.18 Å². The highest BCUT2D eigenvalue weighted by Crippen LogP contribution is 2.37. The number of rotatable bonds is 2. The van der Waals surface area contributed by atoms with E-state index in [0.29, 0.717) is 27.8 Å². The molecule has 0 aliphatic carbocycles. The van der Waals surface area contributed by atoms with Crippen LogP contribution in [0.4, 0.5) is 13.2 Å². The number of halogens is 4. The molecule has 27 heavy (non-hydrogen) atoms. The number of carbonyl (C=O) groups is 1. The molecule has 0 atom stereocenters. The van der Waals surface area contributed by atoms with Crippen molar-refractivity contribution >= 4 is 34.1 Å². The first-order valence-corrected chi connectivity index (χ1v) is 8.15. The lowest BCUT2D eigenvalue weighted by atomic mass is 10.1. The number of aromatic nitrogens is 2. The molecule has 0 bridgehead atoms. The third kappa shape index (κ3) is 2.90. The van der Waals surface area contributed by atoms with E-state index in [9.17, 15) is 23.1 Å². The van der Waals surface area contributed by atoms with Gasteiger partial charge < -0.3 is 9.51 Å². The molecule has 0 unspecified atom stereocenters. The zero-order chi connectivity index (χ0) is 19.3. The van der Waals surface area contributed by atoms with Crippen LogP contribution >= 0.6 is 11.6 Å². The van der Waals surface area contributed by atoms with E-state index in [-0.39, 0.29) is 10.6 Å². The van der Waals surface area contributed by atoms with E-state index in [2.05, 4.69) is 4.98 Å². The van der Waals surface area contributed by atoms with Crippen LogP contribution in [0, 0.1) is 0 Å². The Kier molecular flexibility index (Phi) is 3.85. The summed E-state index contributed by atoms with van der Waals surface area (Å²) in [7, 11) is 0. The van der Waals surface area contributed by atoms with Crippen molar-refractivity contribution < 1.29 is 23.1 Å². The summed E-state index contributed by atoms with van der Waals surface area (Å²) >= 11 is 6.13. The van der Waals surface area contributed by atoms with Gasteiger partial charge in [-0.05, 0) is 42.5 Å². The summed E-state index contributed by atoms with van der Waals surface area (Å²) in [6.45, 7) is 0. The summed E-state index contributed by atoms with van der Waals surface area (Å²) < 4.78 is 40.5. The highest BCUT2D eigenvalue weighted by atomic mass is 35.5. The zero-order valence-electron chi connectivity index (χ0n) is 13.5. The van der Waals surface area contributed by atoms with E-state index in [1.54, 1.807) is 28.8 Å². The Morgan fingerprint density at radius 2 is 1.85 bits per heavy atom. The number of carboxylic acid groups (broad SMARTS) is 1. The molecule has 0 amide bonds. The van der Waals surface area contributed by atoms with Gasteiger partial charge >= 0.3 is 12.1 Å². The largest absolute Gasteiger partial charge is 0.478 e. The smallest absolute Gasteiger partial charge is 0.416 e. The van der Waals surface area contributed by atoms with Crippen LogP contribution in [0.5, 0.6) is 0 Å². The van der Waals surface area contributed by atoms with Gasteiger partial charge in [-0.25, -0.2) is 9.78 Å². The number of aromatic carboxylic acids is 1. The fourth-order valence-corrected chi connectivity index (χ4v) is 3.26. The molecule has 0 spiro atoms. The van der Waals surface area contributed by atoms with E-state index < -0.39 is 17.7 Å². The Morgan fingerprint density at radius 1 is 1.07 bits per heavy atom. The highest BCUT2D eigenvalue weighted by Gasteiger charge is 2.31. The molecule has 8 heteroatoms. The molecule has 1 N–H and O–H groups in total. The molecule has 2 heterocycles. The van der Waals surface area contributed by atoms with E-state index in [0.717, 1.165) is 12.1 Å². The number of fused-ring (bicyclic) bond motifs is 3. The van der Waals surface area contributed by atoms with Crippen molar-refractivity contribution in [1.29, 1.82) is 0 Å². The first-order chi connectivity index (χ1) is 12.8. The molecule has 0 saturated carbocycles. The van der Waals surface area contributed by atoms with Crippen LogP contribution in [0.2, 0.25) is 5.02 Å². The number of hydrogen-bond donors (Lipinski definition) is 1. The lowest BCUT2D eigenvalue weighted by Crippen LogP contribution is -2.05. The predicted molar refractivity (Wildman–Crippen MR) is 95.1 cm³/mol. The second kappa shape index (κ2) is 5.99. The summed E-state index contributed by atoms with van der Waals surface area (Å²) in [5.74, 6) is -1.10. The first kappa shape index (κ1) is 17.4. The summed E-state index contributed by atoms with van der Waals surface area (Å²) in [6.07, 6.45) is -2.74. The molecule has 0 radical (unpaired) electrons. The highest BCUT2D eigenvalue weighted by molar-refractivity contribution is 6.33. The monoisotopic (exact) mass is 390 g/mol. The Balaban J connectivity index is 2.00. The molecule has 0 aliphatic heterocycles. The third-order valence-corrected chi connectivity index (χ3v) is 4.57. The fourth-order valence-electron chi connectivity index (χ4n) is 2.99. The number of alkyl halides is 3. The van der Waals surface area contributed by atoms with Crippen molar-refractivity contribution in [2.75, 3.05) is 0 Å². The van der Waals surface area contributed by atoms with Gasteiger partial charge in [-0.2, -0.15) is 13.2 Å². The Hall–Kier alpha value is -3.06. The topological polar surface area (TPSA) is 54.6 Å². The Labute approximate surface area is 155 Å². The van der Waals surface area contributed by atoms with Crippen molar-refractivity contribution in [3.05, 3.63) is 70.9 Å². The summed E-state index contributed by atoms with van der Waals surface area (Å²) in [6, 6.07) is 11.1. The van der Waals surface area contributed by atoms with Gasteiger partial charge in [0.25, 0.3) is 0 Å². The van der Waals surface area contributed by atoms with Gasteiger partial charge in [0.1, 0.15) is 0 Å². The maximum Gasteiger partial charge on any atom is 0.416 e. The van der Waals surface area contributed by atoms with Crippen LogP contribution < -0.4 is 0 Å². The van der Waals surface area contributed by atoms with Crippen LogP contribution in [0.15, 0.2) is 54.7 Å². The van der Waals surface area contributed by atoms with Gasteiger partial charge in [-0.1, -0.05) is 17.7 Å². The number of nitrogens with zero attached hydrogens (tertiary/aromatic N) is 2. The van der Waals surface area contributed by atoms with Crippen LogP contribution in [0.3, 0.4) is 0 Å². The predicted octanol–water partition coefficient (Wildman–Crippen LogP) is 5.52. The molecule has 2 aromatic carbocycles. The Bertz CT molecular complexity index is 1210. The van der Waals surface area contributed by atoms with Gasteiger partial charge in [-0.3, -0.25) is 0 Å². The Morgan fingerprint density at radius 3 is 2.52 bits per heavy atom. The minimum atomic E-state index is -4.50. The molecular weight excluding hydrogens is 381 g/mol. The maximum atomic E-state index is 12.9. The minimum absolute atomic E-state index is 0.0611. The average molecular weight is 391 g/mol. The van der Waals surface area contributed by atoms with Crippen molar-refractivity contribution in [3.63, 3.8) is 0 Å². The van der Waals surface area contributed by atoms with Crippen LogP contribution in [-0.4, -0.2) is 20.5 Å². The van der Waals surface area contributed by atoms with Gasteiger partial charge in [0, 0.05) is 11.8 Å².